The van der Waals surface area contributed by atoms with Crippen molar-refractivity contribution < 1.29 is 9.11 Å². The Bertz CT molecular complexity index is 794. The maximum atomic E-state index is 12.0. The lowest BCUT2D eigenvalue weighted by Gasteiger charge is -2.28. The van der Waals surface area contributed by atoms with Gasteiger partial charge in [0, 0.05) is 48.4 Å². The van der Waals surface area contributed by atoms with Crippen molar-refractivity contribution in [3.63, 3.8) is 0 Å². The fourth-order valence-corrected chi connectivity index (χ4v) is 3.43. The molecule has 0 atom stereocenters. The molecule has 1 aromatic carbocycles. The maximum Gasteiger partial charge on any atom is 0.253 e. The van der Waals surface area contributed by atoms with Crippen LogP contribution in [0.4, 0.5) is 5.69 Å². The van der Waals surface area contributed by atoms with Crippen LogP contribution in [0.15, 0.2) is 40.2 Å². The maximum absolute atomic E-state index is 12.0. The summed E-state index contributed by atoms with van der Waals surface area (Å²) in [6, 6.07) is 7.31. The SMILES string of the molecule is Cc1cc(-c2cc(S(C)(O)O)ccc2NCC2CC2)cn(C)c1=O. The lowest BCUT2D eigenvalue weighted by Crippen LogP contribution is -2.18. The number of aryl methyl sites for hydroxylation is 2. The van der Waals surface area contributed by atoms with Gasteiger partial charge in [0.25, 0.3) is 5.56 Å². The summed E-state index contributed by atoms with van der Waals surface area (Å²) in [7, 11) is -1.06. The molecule has 0 saturated heterocycles. The molecular formula is C18H24N2O3S. The number of hydrogen-bond acceptors (Lipinski definition) is 4. The molecule has 1 aliphatic carbocycles. The second kappa shape index (κ2) is 6.27. The second-order valence-corrected chi connectivity index (χ2v) is 8.83. The zero-order valence-electron chi connectivity index (χ0n) is 14.2. The quantitative estimate of drug-likeness (QED) is 0.765. The first-order valence-corrected chi connectivity index (χ1v) is 10.00. The van der Waals surface area contributed by atoms with E-state index >= 15 is 0 Å². The largest absolute Gasteiger partial charge is 0.384 e. The number of anilines is 1. The fourth-order valence-electron chi connectivity index (χ4n) is 2.76. The van der Waals surface area contributed by atoms with Crippen molar-refractivity contribution >= 4 is 16.3 Å². The van der Waals surface area contributed by atoms with Gasteiger partial charge in [-0.15, -0.1) is 0 Å². The Morgan fingerprint density at radius 1 is 1.29 bits per heavy atom. The Balaban J connectivity index is 2.08. The number of nitrogens with zero attached hydrogens (tertiary/aromatic N) is 1. The van der Waals surface area contributed by atoms with Gasteiger partial charge in [-0.25, -0.2) is 0 Å². The van der Waals surface area contributed by atoms with Crippen molar-refractivity contribution in [3.05, 3.63) is 46.4 Å². The van der Waals surface area contributed by atoms with Gasteiger partial charge in [-0.05, 0) is 49.9 Å². The summed E-state index contributed by atoms with van der Waals surface area (Å²) in [5.41, 5.74) is 3.36. The van der Waals surface area contributed by atoms with Gasteiger partial charge in [-0.2, -0.15) is 10.6 Å². The van der Waals surface area contributed by atoms with Gasteiger partial charge in [0.2, 0.25) is 0 Å². The summed E-state index contributed by atoms with van der Waals surface area (Å²) in [4.78, 5) is 12.5. The van der Waals surface area contributed by atoms with E-state index in [1.807, 2.05) is 18.2 Å². The smallest absolute Gasteiger partial charge is 0.253 e. The van der Waals surface area contributed by atoms with Crippen LogP contribution in [0, 0.1) is 12.8 Å². The molecule has 0 amide bonds. The molecule has 130 valence electrons. The van der Waals surface area contributed by atoms with E-state index < -0.39 is 10.6 Å². The summed E-state index contributed by atoms with van der Waals surface area (Å²) >= 11 is 0. The zero-order chi connectivity index (χ0) is 17.5. The van der Waals surface area contributed by atoms with Gasteiger partial charge in [-0.1, -0.05) is 0 Å². The first kappa shape index (κ1) is 17.1. The van der Waals surface area contributed by atoms with Gasteiger partial charge in [0.1, 0.15) is 0 Å². The van der Waals surface area contributed by atoms with Crippen LogP contribution in [0.5, 0.6) is 0 Å². The van der Waals surface area contributed by atoms with E-state index in [1.165, 1.54) is 19.1 Å². The summed E-state index contributed by atoms with van der Waals surface area (Å²) in [5.74, 6) is 0.728. The molecule has 0 aliphatic heterocycles. The van der Waals surface area contributed by atoms with Crippen LogP contribution < -0.4 is 10.9 Å². The summed E-state index contributed by atoms with van der Waals surface area (Å²) < 4.78 is 21.6. The molecule has 2 aromatic rings. The van der Waals surface area contributed by atoms with Crippen LogP contribution in [-0.2, 0) is 7.05 Å². The molecule has 0 radical (unpaired) electrons. The van der Waals surface area contributed by atoms with Crippen molar-refractivity contribution in [1.29, 1.82) is 0 Å². The van der Waals surface area contributed by atoms with Crippen LogP contribution in [0.25, 0.3) is 11.1 Å². The minimum atomic E-state index is -2.79. The van der Waals surface area contributed by atoms with E-state index in [4.69, 9.17) is 0 Å². The highest BCUT2D eigenvalue weighted by molar-refractivity contribution is 8.23. The molecule has 0 spiro atoms. The lowest BCUT2D eigenvalue weighted by molar-refractivity contribution is 0.495. The molecule has 3 rings (SSSR count). The first-order chi connectivity index (χ1) is 11.3. The molecule has 1 aliphatic rings. The van der Waals surface area contributed by atoms with Crippen LogP contribution in [0.2, 0.25) is 0 Å². The number of rotatable bonds is 5. The average Bonchev–Trinajstić information content (AvgIpc) is 3.33. The molecule has 0 bridgehead atoms. The van der Waals surface area contributed by atoms with E-state index in [2.05, 4.69) is 5.32 Å². The van der Waals surface area contributed by atoms with Crippen molar-refractivity contribution in [1.82, 2.24) is 4.57 Å². The van der Waals surface area contributed by atoms with Crippen LogP contribution in [0.3, 0.4) is 0 Å². The molecular weight excluding hydrogens is 324 g/mol. The standard InChI is InChI=1S/C18H24N2O3S/c1-12-8-14(11-20(2)18(12)21)16-9-15(24(3,22)23)6-7-17(16)19-10-13-4-5-13/h6-9,11,13,19,22-23H,4-5,10H2,1-3H3. The zero-order valence-corrected chi connectivity index (χ0v) is 15.1. The minimum absolute atomic E-state index is 0.0258. The molecule has 1 saturated carbocycles. The molecule has 5 nitrogen and oxygen atoms in total. The van der Waals surface area contributed by atoms with Crippen LogP contribution >= 0.6 is 10.6 Å². The lowest BCUT2D eigenvalue weighted by atomic mass is 10.0. The Morgan fingerprint density at radius 3 is 2.58 bits per heavy atom. The van der Waals surface area contributed by atoms with E-state index in [1.54, 1.807) is 30.8 Å². The first-order valence-electron chi connectivity index (χ1n) is 8.04. The van der Waals surface area contributed by atoms with E-state index in [0.717, 1.165) is 29.3 Å². The van der Waals surface area contributed by atoms with Gasteiger partial charge in [-0.3, -0.25) is 13.9 Å². The Morgan fingerprint density at radius 2 is 2.00 bits per heavy atom. The van der Waals surface area contributed by atoms with Crippen molar-refractivity contribution in [3.8, 4) is 11.1 Å². The van der Waals surface area contributed by atoms with Gasteiger partial charge >= 0.3 is 0 Å². The molecule has 1 heterocycles. The number of pyridine rings is 1. The highest BCUT2D eigenvalue weighted by Crippen LogP contribution is 2.46. The Labute approximate surface area is 143 Å². The van der Waals surface area contributed by atoms with Gasteiger partial charge < -0.3 is 9.88 Å². The summed E-state index contributed by atoms with van der Waals surface area (Å²) in [6.45, 7) is 2.71. The second-order valence-electron chi connectivity index (χ2n) is 6.69. The monoisotopic (exact) mass is 348 g/mol. The molecule has 6 heteroatoms. The molecule has 24 heavy (non-hydrogen) atoms. The van der Waals surface area contributed by atoms with Crippen molar-refractivity contribution in [2.24, 2.45) is 13.0 Å². The number of hydrogen-bond donors (Lipinski definition) is 3. The molecule has 1 aromatic heterocycles. The van der Waals surface area contributed by atoms with Crippen LogP contribution in [-0.4, -0.2) is 26.5 Å². The molecule has 1 fully saturated rings. The van der Waals surface area contributed by atoms with Crippen molar-refractivity contribution in [2.45, 2.75) is 24.7 Å². The van der Waals surface area contributed by atoms with E-state index in [9.17, 15) is 13.9 Å². The normalized spacial score (nSPS) is 15.4. The van der Waals surface area contributed by atoms with E-state index in [-0.39, 0.29) is 5.56 Å². The van der Waals surface area contributed by atoms with Gasteiger partial charge in [0.15, 0.2) is 0 Å². The number of nitrogens with one attached hydrogen (secondary N) is 1. The van der Waals surface area contributed by atoms with Gasteiger partial charge in [0.05, 0.1) is 4.90 Å². The topological polar surface area (TPSA) is 74.5 Å². The summed E-state index contributed by atoms with van der Waals surface area (Å²) in [5, 5.41) is 3.46. The predicted octanol–water partition coefficient (Wildman–Crippen LogP) is 3.92. The number of aromatic nitrogens is 1. The minimum Gasteiger partial charge on any atom is -0.384 e. The molecule has 0 unspecified atom stereocenters. The third-order valence-electron chi connectivity index (χ3n) is 4.39. The fraction of sp³-hybridized carbons (Fsp3) is 0.389. The third kappa shape index (κ3) is 3.66. The van der Waals surface area contributed by atoms with E-state index in [0.29, 0.717) is 10.5 Å². The Hall–Kier alpha value is -1.76. The highest BCUT2D eigenvalue weighted by Gasteiger charge is 2.21. The summed E-state index contributed by atoms with van der Waals surface area (Å²) in [6.07, 6.45) is 5.73. The predicted molar refractivity (Wildman–Crippen MR) is 100 cm³/mol. The Kier molecular flexibility index (Phi) is 4.46. The molecule has 3 N–H and O–H groups in total. The van der Waals surface area contributed by atoms with Crippen molar-refractivity contribution in [2.75, 3.05) is 18.1 Å². The average molecular weight is 348 g/mol. The highest BCUT2D eigenvalue weighted by atomic mass is 32.3. The third-order valence-corrected chi connectivity index (χ3v) is 5.54. The van der Waals surface area contributed by atoms with Crippen LogP contribution in [0.1, 0.15) is 18.4 Å². The number of benzene rings is 1.